The van der Waals surface area contributed by atoms with Gasteiger partial charge in [0.05, 0.1) is 0 Å². The smallest absolute Gasteiger partial charge is 0.257 e. The van der Waals surface area contributed by atoms with Crippen LogP contribution in [-0.4, -0.2) is 11.0 Å². The van der Waals surface area contributed by atoms with Gasteiger partial charge in [0.1, 0.15) is 0 Å². The highest BCUT2D eigenvalue weighted by molar-refractivity contribution is 7.80. The van der Waals surface area contributed by atoms with E-state index >= 15 is 0 Å². The zero-order valence-corrected chi connectivity index (χ0v) is 13.2. The molecule has 0 aromatic heterocycles. The van der Waals surface area contributed by atoms with Gasteiger partial charge in [-0.15, -0.1) is 0 Å². The molecule has 2 rings (SSSR count). The van der Waals surface area contributed by atoms with Gasteiger partial charge in [0.25, 0.3) is 5.91 Å². The summed E-state index contributed by atoms with van der Waals surface area (Å²) < 4.78 is 0. The van der Waals surface area contributed by atoms with Gasteiger partial charge in [-0.2, -0.15) is 0 Å². The number of aryl methyl sites for hydroxylation is 3. The molecule has 0 unspecified atom stereocenters. The van der Waals surface area contributed by atoms with Gasteiger partial charge in [-0.05, 0) is 56.8 Å². The van der Waals surface area contributed by atoms with E-state index in [0.717, 1.165) is 16.8 Å². The topological polar surface area (TPSA) is 41.1 Å². The van der Waals surface area contributed by atoms with Crippen molar-refractivity contribution in [3.63, 3.8) is 0 Å². The minimum Gasteiger partial charge on any atom is -0.332 e. The van der Waals surface area contributed by atoms with E-state index in [9.17, 15) is 4.79 Å². The minimum absolute atomic E-state index is 0.207. The third-order valence-corrected chi connectivity index (χ3v) is 3.34. The van der Waals surface area contributed by atoms with Crippen LogP contribution in [0.2, 0.25) is 0 Å². The van der Waals surface area contributed by atoms with Crippen LogP contribution in [0.1, 0.15) is 27.0 Å². The maximum atomic E-state index is 12.1. The van der Waals surface area contributed by atoms with Gasteiger partial charge in [0.15, 0.2) is 5.11 Å². The van der Waals surface area contributed by atoms with Crippen molar-refractivity contribution in [2.45, 2.75) is 20.8 Å². The molecule has 3 nitrogen and oxygen atoms in total. The van der Waals surface area contributed by atoms with E-state index in [1.807, 2.05) is 51.1 Å². The van der Waals surface area contributed by atoms with Crippen LogP contribution in [0, 0.1) is 20.8 Å². The largest absolute Gasteiger partial charge is 0.332 e. The molecule has 1 amide bonds. The normalized spacial score (nSPS) is 10.0. The summed E-state index contributed by atoms with van der Waals surface area (Å²) in [5.41, 5.74) is 4.81. The Morgan fingerprint density at radius 3 is 2.38 bits per heavy atom. The van der Waals surface area contributed by atoms with E-state index in [4.69, 9.17) is 12.2 Å². The summed E-state index contributed by atoms with van der Waals surface area (Å²) >= 11 is 5.19. The zero-order valence-electron chi connectivity index (χ0n) is 12.4. The summed E-state index contributed by atoms with van der Waals surface area (Å²) in [6.07, 6.45) is 0. The first kappa shape index (κ1) is 15.2. The molecule has 108 valence electrons. The molecule has 2 aromatic rings. The van der Waals surface area contributed by atoms with Gasteiger partial charge in [-0.25, -0.2) is 0 Å². The van der Waals surface area contributed by atoms with Gasteiger partial charge in [-0.1, -0.05) is 35.4 Å². The first-order chi connectivity index (χ1) is 9.95. The van der Waals surface area contributed by atoms with Crippen molar-refractivity contribution in [2.75, 3.05) is 5.32 Å². The second-order valence-corrected chi connectivity index (χ2v) is 5.50. The number of rotatable bonds is 2. The fraction of sp³-hybridized carbons (Fsp3) is 0.176. The zero-order chi connectivity index (χ0) is 15.4. The van der Waals surface area contributed by atoms with Crippen LogP contribution in [0.4, 0.5) is 5.69 Å². The lowest BCUT2D eigenvalue weighted by atomic mass is 10.1. The second-order valence-electron chi connectivity index (χ2n) is 5.10. The SMILES string of the molecule is Cc1cccc(C(=O)NC(=S)Nc2ccc(C)cc2C)c1. The third kappa shape index (κ3) is 4.13. The monoisotopic (exact) mass is 298 g/mol. The predicted octanol–water partition coefficient (Wildman–Crippen LogP) is 3.74. The average molecular weight is 298 g/mol. The third-order valence-electron chi connectivity index (χ3n) is 3.14. The van der Waals surface area contributed by atoms with E-state index in [2.05, 4.69) is 16.7 Å². The first-order valence-electron chi connectivity index (χ1n) is 6.72. The molecule has 0 saturated carbocycles. The van der Waals surface area contributed by atoms with Crippen molar-refractivity contribution in [3.05, 3.63) is 64.7 Å². The Balaban J connectivity index is 2.03. The lowest BCUT2D eigenvalue weighted by molar-refractivity contribution is 0.0977. The Kier molecular flexibility index (Phi) is 4.70. The van der Waals surface area contributed by atoms with E-state index in [-0.39, 0.29) is 5.91 Å². The van der Waals surface area contributed by atoms with Crippen LogP contribution < -0.4 is 10.6 Å². The second kappa shape index (κ2) is 6.50. The van der Waals surface area contributed by atoms with Crippen LogP contribution in [0.5, 0.6) is 0 Å². The van der Waals surface area contributed by atoms with E-state index in [0.29, 0.717) is 10.7 Å². The number of benzene rings is 2. The molecule has 0 bridgehead atoms. The number of nitrogens with one attached hydrogen (secondary N) is 2. The lowest BCUT2D eigenvalue weighted by Crippen LogP contribution is -2.34. The molecule has 0 spiro atoms. The van der Waals surface area contributed by atoms with E-state index in [1.165, 1.54) is 5.56 Å². The quantitative estimate of drug-likeness (QED) is 0.830. The molecule has 2 N–H and O–H groups in total. The lowest BCUT2D eigenvalue weighted by Gasteiger charge is -2.12. The highest BCUT2D eigenvalue weighted by Gasteiger charge is 2.08. The number of amides is 1. The van der Waals surface area contributed by atoms with Crippen LogP contribution in [0.15, 0.2) is 42.5 Å². The van der Waals surface area contributed by atoms with E-state index in [1.54, 1.807) is 6.07 Å². The Hall–Kier alpha value is -2.20. The number of anilines is 1. The summed E-state index contributed by atoms with van der Waals surface area (Å²) in [6, 6.07) is 13.4. The van der Waals surface area contributed by atoms with Crippen molar-refractivity contribution >= 4 is 28.9 Å². The maximum Gasteiger partial charge on any atom is 0.257 e. The molecular weight excluding hydrogens is 280 g/mol. The Labute approximate surface area is 130 Å². The standard InChI is InChI=1S/C17H18N2OS/c1-11-5-4-6-14(10-11)16(20)19-17(21)18-15-8-7-12(2)9-13(15)3/h4-10H,1-3H3,(H2,18,19,20,21). The molecule has 2 aromatic carbocycles. The minimum atomic E-state index is -0.207. The highest BCUT2D eigenvalue weighted by atomic mass is 32.1. The van der Waals surface area contributed by atoms with Gasteiger partial charge in [-0.3, -0.25) is 10.1 Å². The summed E-state index contributed by atoms with van der Waals surface area (Å²) in [6.45, 7) is 5.98. The molecule has 0 saturated heterocycles. The molecule has 0 aliphatic rings. The number of carbonyl (C=O) groups is 1. The number of carbonyl (C=O) groups excluding carboxylic acids is 1. The molecule has 0 aliphatic heterocycles. The van der Waals surface area contributed by atoms with E-state index < -0.39 is 0 Å². The Morgan fingerprint density at radius 1 is 1.00 bits per heavy atom. The van der Waals surface area contributed by atoms with Crippen molar-refractivity contribution < 1.29 is 4.79 Å². The molecule has 21 heavy (non-hydrogen) atoms. The Morgan fingerprint density at radius 2 is 1.71 bits per heavy atom. The van der Waals surface area contributed by atoms with Crippen LogP contribution in [0.3, 0.4) is 0 Å². The molecule has 0 heterocycles. The van der Waals surface area contributed by atoms with Gasteiger partial charge in [0.2, 0.25) is 0 Å². The van der Waals surface area contributed by atoms with Crippen LogP contribution >= 0.6 is 12.2 Å². The van der Waals surface area contributed by atoms with Crippen molar-refractivity contribution in [2.24, 2.45) is 0 Å². The number of hydrogen-bond donors (Lipinski definition) is 2. The molecular formula is C17H18N2OS. The van der Waals surface area contributed by atoms with Gasteiger partial charge in [0, 0.05) is 11.3 Å². The summed E-state index contributed by atoms with van der Waals surface area (Å²) in [4.78, 5) is 12.1. The summed E-state index contributed by atoms with van der Waals surface area (Å²) in [7, 11) is 0. The predicted molar refractivity (Wildman–Crippen MR) is 90.8 cm³/mol. The van der Waals surface area contributed by atoms with Gasteiger partial charge >= 0.3 is 0 Å². The van der Waals surface area contributed by atoms with Crippen LogP contribution in [0.25, 0.3) is 0 Å². The molecule has 0 radical (unpaired) electrons. The fourth-order valence-corrected chi connectivity index (χ4v) is 2.27. The van der Waals surface area contributed by atoms with Crippen molar-refractivity contribution in [1.82, 2.24) is 5.32 Å². The molecule has 0 atom stereocenters. The average Bonchev–Trinajstić information content (AvgIpc) is 2.42. The molecule has 4 heteroatoms. The maximum absolute atomic E-state index is 12.1. The summed E-state index contributed by atoms with van der Waals surface area (Å²) in [5.74, 6) is -0.207. The number of hydrogen-bond acceptors (Lipinski definition) is 2. The number of thiocarbonyl (C=S) groups is 1. The molecule has 0 aliphatic carbocycles. The first-order valence-corrected chi connectivity index (χ1v) is 7.13. The van der Waals surface area contributed by atoms with Gasteiger partial charge < -0.3 is 5.32 Å². The Bertz CT molecular complexity index is 695. The fourth-order valence-electron chi connectivity index (χ4n) is 2.07. The summed E-state index contributed by atoms with van der Waals surface area (Å²) in [5, 5.41) is 6.05. The molecule has 0 fully saturated rings. The van der Waals surface area contributed by atoms with Crippen molar-refractivity contribution in [3.8, 4) is 0 Å². The van der Waals surface area contributed by atoms with Crippen molar-refractivity contribution in [1.29, 1.82) is 0 Å². The highest BCUT2D eigenvalue weighted by Crippen LogP contribution is 2.15. The van der Waals surface area contributed by atoms with Crippen LogP contribution in [-0.2, 0) is 0 Å².